The normalized spacial score (nSPS) is 16.1. The fourth-order valence-electron chi connectivity index (χ4n) is 3.42. The summed E-state index contributed by atoms with van der Waals surface area (Å²) < 4.78 is 40.4. The predicted octanol–water partition coefficient (Wildman–Crippen LogP) is 3.90. The number of aromatic nitrogens is 3. The quantitative estimate of drug-likeness (QED) is 0.681. The van der Waals surface area contributed by atoms with Crippen LogP contribution in [0.2, 0.25) is 0 Å². The first-order valence-electron chi connectivity index (χ1n) is 9.21. The molecule has 3 aromatic rings. The van der Waals surface area contributed by atoms with Crippen LogP contribution in [0, 0.1) is 0 Å². The van der Waals surface area contributed by atoms with Crippen molar-refractivity contribution < 1.29 is 18.0 Å². The molecule has 0 radical (unpaired) electrons. The Morgan fingerprint density at radius 2 is 1.83 bits per heavy atom. The summed E-state index contributed by atoms with van der Waals surface area (Å²) in [5.74, 6) is 0.0758. The van der Waals surface area contributed by atoms with Gasteiger partial charge in [-0.25, -0.2) is 4.68 Å². The van der Waals surface area contributed by atoms with E-state index in [2.05, 4.69) is 20.7 Å². The van der Waals surface area contributed by atoms with E-state index in [9.17, 15) is 18.0 Å². The Labute approximate surface area is 170 Å². The number of anilines is 1. The highest BCUT2D eigenvalue weighted by Gasteiger charge is 2.35. The molecule has 154 valence electrons. The van der Waals surface area contributed by atoms with Crippen molar-refractivity contribution in [3.63, 3.8) is 0 Å². The Morgan fingerprint density at radius 3 is 2.50 bits per heavy atom. The third-order valence-electron chi connectivity index (χ3n) is 4.89. The van der Waals surface area contributed by atoms with Gasteiger partial charge in [-0.3, -0.25) is 4.79 Å². The lowest BCUT2D eigenvalue weighted by Gasteiger charge is -2.29. The van der Waals surface area contributed by atoms with Crippen molar-refractivity contribution in [2.24, 2.45) is 0 Å². The van der Waals surface area contributed by atoms with Crippen LogP contribution in [0.4, 0.5) is 19.1 Å². The summed E-state index contributed by atoms with van der Waals surface area (Å²) in [6.07, 6.45) is -3.11. The molecule has 2 aromatic carbocycles. The molecule has 1 aromatic heterocycles. The van der Waals surface area contributed by atoms with Crippen LogP contribution in [0.3, 0.4) is 0 Å². The number of carbonyl (C=O) groups is 1. The minimum Gasteiger partial charge on any atom is -0.348 e. The highest BCUT2D eigenvalue weighted by molar-refractivity contribution is 5.96. The molecule has 9 heteroatoms. The first-order chi connectivity index (χ1) is 14.3. The Morgan fingerprint density at radius 1 is 1.13 bits per heavy atom. The monoisotopic (exact) mass is 413 g/mol. The van der Waals surface area contributed by atoms with Crippen LogP contribution in [0.25, 0.3) is 0 Å². The van der Waals surface area contributed by atoms with Crippen molar-refractivity contribution >= 4 is 11.9 Å². The van der Waals surface area contributed by atoms with Gasteiger partial charge < -0.3 is 10.6 Å². The molecule has 1 aliphatic rings. The molecule has 0 bridgehead atoms. The van der Waals surface area contributed by atoms with Crippen LogP contribution in [0.5, 0.6) is 0 Å². The summed E-state index contributed by atoms with van der Waals surface area (Å²) >= 11 is 0. The van der Waals surface area contributed by atoms with Crippen molar-refractivity contribution in [3.05, 3.63) is 88.9 Å². The van der Waals surface area contributed by atoms with Gasteiger partial charge in [-0.15, -0.1) is 0 Å². The summed E-state index contributed by atoms with van der Waals surface area (Å²) in [5.41, 5.74) is 1.60. The molecule has 0 fully saturated rings. The Balaban J connectivity index is 1.67. The average molecular weight is 413 g/mol. The number of alkyl halides is 3. The average Bonchev–Trinajstić information content (AvgIpc) is 3.19. The third-order valence-corrected chi connectivity index (χ3v) is 4.89. The van der Waals surface area contributed by atoms with Crippen molar-refractivity contribution in [2.45, 2.75) is 25.7 Å². The maximum absolute atomic E-state index is 13.1. The van der Waals surface area contributed by atoms with Crippen LogP contribution in [-0.2, 0) is 17.5 Å². The fourth-order valence-corrected chi connectivity index (χ4v) is 3.42. The summed E-state index contributed by atoms with van der Waals surface area (Å²) in [4.78, 5) is 17.2. The number of hydrogen-bond donors (Lipinski definition) is 2. The van der Waals surface area contributed by atoms with Crippen molar-refractivity contribution in [3.8, 4) is 0 Å². The van der Waals surface area contributed by atoms with Crippen LogP contribution in [-0.4, -0.2) is 20.7 Å². The van der Waals surface area contributed by atoms with Gasteiger partial charge in [-0.1, -0.05) is 42.5 Å². The second kappa shape index (κ2) is 7.66. The number of carbonyl (C=O) groups excluding carboxylic acids is 1. The topological polar surface area (TPSA) is 71.8 Å². The van der Waals surface area contributed by atoms with Gasteiger partial charge in [0.05, 0.1) is 11.1 Å². The molecular formula is C21H18F3N5O. The van der Waals surface area contributed by atoms with Crippen molar-refractivity contribution in [2.75, 3.05) is 5.32 Å². The van der Waals surface area contributed by atoms with E-state index in [-0.39, 0.29) is 5.91 Å². The minimum atomic E-state index is -4.44. The van der Waals surface area contributed by atoms with Crippen LogP contribution in [0.1, 0.15) is 29.7 Å². The molecule has 6 nitrogen and oxygen atoms in total. The van der Waals surface area contributed by atoms with Gasteiger partial charge in [0.15, 0.2) is 0 Å². The standard InChI is InChI=1S/C21H18F3N5O/c1-13-17(19(30)25-11-14-5-3-2-4-6-14)18(29-20(28-13)26-12-27-29)15-7-9-16(10-8-15)21(22,23)24/h2-10,12,18H,11H2,1H3,(H,25,30)(H,26,27,28)/t18-/m0/s1. The van der Waals surface area contributed by atoms with E-state index in [0.717, 1.165) is 17.7 Å². The molecule has 1 aliphatic heterocycles. The van der Waals surface area contributed by atoms with E-state index < -0.39 is 17.8 Å². The fraction of sp³-hybridized carbons (Fsp3) is 0.190. The third kappa shape index (κ3) is 3.78. The largest absolute Gasteiger partial charge is 0.416 e. The molecule has 0 unspecified atom stereocenters. The van der Waals surface area contributed by atoms with Gasteiger partial charge in [-0.05, 0) is 30.2 Å². The summed E-state index contributed by atoms with van der Waals surface area (Å²) in [5, 5.41) is 10.1. The first kappa shape index (κ1) is 19.7. The van der Waals surface area contributed by atoms with Gasteiger partial charge in [0.25, 0.3) is 5.91 Å². The molecule has 0 saturated heterocycles. The van der Waals surface area contributed by atoms with Crippen LogP contribution in [0.15, 0.2) is 72.2 Å². The van der Waals surface area contributed by atoms with Gasteiger partial charge in [0.2, 0.25) is 5.95 Å². The van der Waals surface area contributed by atoms with Crippen molar-refractivity contribution in [1.82, 2.24) is 20.1 Å². The van der Waals surface area contributed by atoms with E-state index in [1.54, 1.807) is 6.92 Å². The zero-order chi connectivity index (χ0) is 21.3. The number of benzene rings is 2. The van der Waals surface area contributed by atoms with Crippen molar-refractivity contribution in [1.29, 1.82) is 0 Å². The molecule has 30 heavy (non-hydrogen) atoms. The van der Waals surface area contributed by atoms with Crippen LogP contribution < -0.4 is 10.6 Å². The maximum atomic E-state index is 13.1. The Kier molecular flexibility index (Phi) is 5.03. The molecular weight excluding hydrogens is 395 g/mol. The van der Waals surface area contributed by atoms with Gasteiger partial charge in [0.1, 0.15) is 12.4 Å². The predicted molar refractivity (Wildman–Crippen MR) is 104 cm³/mol. The molecule has 2 N–H and O–H groups in total. The summed E-state index contributed by atoms with van der Waals surface area (Å²) in [7, 11) is 0. The molecule has 0 spiro atoms. The smallest absolute Gasteiger partial charge is 0.348 e. The van der Waals surface area contributed by atoms with Crippen LogP contribution >= 0.6 is 0 Å². The Bertz CT molecular complexity index is 1090. The van der Waals surface area contributed by atoms with Gasteiger partial charge in [-0.2, -0.15) is 23.3 Å². The first-order valence-corrected chi connectivity index (χ1v) is 9.21. The minimum absolute atomic E-state index is 0.320. The molecule has 0 saturated carbocycles. The molecule has 1 atom stereocenters. The number of fused-ring (bicyclic) bond motifs is 1. The second-order valence-corrected chi connectivity index (χ2v) is 6.88. The van der Waals surface area contributed by atoms with E-state index in [0.29, 0.717) is 29.3 Å². The lowest BCUT2D eigenvalue weighted by atomic mass is 9.94. The SMILES string of the molecule is CC1=C(C(=O)NCc2ccccc2)[C@H](c2ccc(C(F)(F)F)cc2)n2ncnc2N1. The van der Waals surface area contributed by atoms with E-state index in [4.69, 9.17) is 0 Å². The zero-order valence-electron chi connectivity index (χ0n) is 15.9. The molecule has 1 amide bonds. The zero-order valence-corrected chi connectivity index (χ0v) is 15.9. The number of allylic oxidation sites excluding steroid dienone is 1. The molecule has 4 rings (SSSR count). The maximum Gasteiger partial charge on any atom is 0.416 e. The highest BCUT2D eigenvalue weighted by Crippen LogP contribution is 2.36. The number of hydrogen-bond acceptors (Lipinski definition) is 4. The molecule has 2 heterocycles. The number of halogens is 3. The van der Waals surface area contributed by atoms with E-state index >= 15 is 0 Å². The number of nitrogens with one attached hydrogen (secondary N) is 2. The highest BCUT2D eigenvalue weighted by atomic mass is 19.4. The summed E-state index contributed by atoms with van der Waals surface area (Å²) in [6, 6.07) is 13.4. The second-order valence-electron chi connectivity index (χ2n) is 6.88. The van der Waals surface area contributed by atoms with Gasteiger partial charge >= 0.3 is 6.18 Å². The summed E-state index contributed by atoms with van der Waals surface area (Å²) in [6.45, 7) is 2.05. The van der Waals surface area contributed by atoms with E-state index in [1.165, 1.54) is 23.1 Å². The van der Waals surface area contributed by atoms with Gasteiger partial charge in [0, 0.05) is 12.2 Å². The Hall–Kier alpha value is -3.62. The number of rotatable bonds is 4. The molecule has 0 aliphatic carbocycles. The lowest BCUT2D eigenvalue weighted by Crippen LogP contribution is -2.34. The lowest BCUT2D eigenvalue weighted by molar-refractivity contribution is -0.137. The number of nitrogens with zero attached hydrogens (tertiary/aromatic N) is 3. The number of amides is 1. The van der Waals surface area contributed by atoms with E-state index in [1.807, 2.05) is 30.3 Å².